The summed E-state index contributed by atoms with van der Waals surface area (Å²) in [6.45, 7) is 9.84. The molecule has 0 aromatic heterocycles. The highest BCUT2D eigenvalue weighted by atomic mass is 16.5. The molecule has 1 aromatic carbocycles. The fourth-order valence-corrected chi connectivity index (χ4v) is 3.16. The zero-order valence-corrected chi connectivity index (χ0v) is 15.4. The summed E-state index contributed by atoms with van der Waals surface area (Å²) in [5.74, 6) is 0.450. The fraction of sp³-hybridized carbons (Fsp3) is 0.500. The molecule has 1 atom stereocenters. The Morgan fingerprint density at radius 2 is 2.20 bits per heavy atom. The first kappa shape index (κ1) is 19.0. The number of benzene rings is 1. The normalized spacial score (nSPS) is 16.1. The molecule has 0 spiro atoms. The molecule has 1 aromatic rings. The minimum Gasteiger partial charge on any atom is -0.491 e. The smallest absolute Gasteiger partial charge is 0.246 e. The molecule has 0 saturated carbocycles. The topological polar surface area (TPSA) is 58.6 Å². The van der Waals surface area contributed by atoms with Crippen molar-refractivity contribution in [3.63, 3.8) is 0 Å². The van der Waals surface area contributed by atoms with E-state index in [2.05, 4.69) is 18.0 Å². The summed E-state index contributed by atoms with van der Waals surface area (Å²) >= 11 is 0. The number of fused-ring (bicyclic) bond motifs is 1. The predicted molar refractivity (Wildman–Crippen MR) is 98.5 cm³/mol. The second-order valence-corrected chi connectivity index (χ2v) is 6.60. The largest absolute Gasteiger partial charge is 0.491 e. The molecule has 2 rings (SSSR count). The summed E-state index contributed by atoms with van der Waals surface area (Å²) in [5.41, 5.74) is 2.37. The van der Waals surface area contributed by atoms with Gasteiger partial charge in [-0.2, -0.15) is 0 Å². The number of likely N-dealkylation sites (N-methyl/N-ethyl adjacent to an activating group) is 1. The van der Waals surface area contributed by atoms with Gasteiger partial charge in [-0.1, -0.05) is 12.6 Å². The third kappa shape index (κ3) is 5.08. The number of nitrogens with one attached hydrogen (secondary N) is 1. The molecule has 0 radical (unpaired) electrons. The molecule has 0 saturated heterocycles. The van der Waals surface area contributed by atoms with Gasteiger partial charge in [-0.3, -0.25) is 9.59 Å². The van der Waals surface area contributed by atoms with Gasteiger partial charge in [-0.25, -0.2) is 0 Å². The Kier molecular flexibility index (Phi) is 6.62. The van der Waals surface area contributed by atoms with Crippen molar-refractivity contribution in [1.82, 2.24) is 10.2 Å². The maximum absolute atomic E-state index is 12.4. The lowest BCUT2D eigenvalue weighted by atomic mass is 9.87. The monoisotopic (exact) mass is 344 g/mol. The lowest BCUT2D eigenvalue weighted by Gasteiger charge is -2.28. The molecule has 2 amide bonds. The number of carbonyl (C=O) groups excluding carboxylic acids is 2. The summed E-state index contributed by atoms with van der Waals surface area (Å²) in [6, 6.07) is 6.08. The molecule has 0 fully saturated rings. The number of hydrogen-bond acceptors (Lipinski definition) is 3. The Labute approximate surface area is 150 Å². The van der Waals surface area contributed by atoms with Gasteiger partial charge in [-0.05, 0) is 69.4 Å². The van der Waals surface area contributed by atoms with E-state index >= 15 is 0 Å². The number of ether oxygens (including phenoxy) is 1. The van der Waals surface area contributed by atoms with E-state index in [1.54, 1.807) is 0 Å². The summed E-state index contributed by atoms with van der Waals surface area (Å²) in [4.78, 5) is 25.6. The highest BCUT2D eigenvalue weighted by Crippen LogP contribution is 2.32. The van der Waals surface area contributed by atoms with Crippen LogP contribution in [0.2, 0.25) is 0 Å². The van der Waals surface area contributed by atoms with Crippen LogP contribution in [-0.4, -0.2) is 35.9 Å². The van der Waals surface area contributed by atoms with Crippen molar-refractivity contribution >= 4 is 11.8 Å². The van der Waals surface area contributed by atoms with Gasteiger partial charge in [0.05, 0.1) is 18.7 Å². The Hall–Kier alpha value is -2.30. The average molecular weight is 344 g/mol. The lowest BCUT2D eigenvalue weighted by molar-refractivity contribution is -0.132. The van der Waals surface area contributed by atoms with Crippen LogP contribution in [0.4, 0.5) is 0 Å². The number of hydrogen-bond donors (Lipinski definition) is 1. The quantitative estimate of drug-likeness (QED) is 0.774. The predicted octanol–water partition coefficient (Wildman–Crippen LogP) is 3.00. The second kappa shape index (κ2) is 8.70. The van der Waals surface area contributed by atoms with Crippen LogP contribution in [0.3, 0.4) is 0 Å². The van der Waals surface area contributed by atoms with E-state index < -0.39 is 0 Å². The maximum atomic E-state index is 12.4. The van der Waals surface area contributed by atoms with E-state index in [1.165, 1.54) is 16.5 Å². The van der Waals surface area contributed by atoms with E-state index in [0.717, 1.165) is 30.6 Å². The lowest BCUT2D eigenvalue weighted by Crippen LogP contribution is -2.41. The summed E-state index contributed by atoms with van der Waals surface area (Å²) in [7, 11) is 0. The first-order chi connectivity index (χ1) is 11.9. The van der Waals surface area contributed by atoms with Crippen molar-refractivity contribution in [2.24, 2.45) is 0 Å². The van der Waals surface area contributed by atoms with Crippen molar-refractivity contribution < 1.29 is 14.3 Å². The van der Waals surface area contributed by atoms with Gasteiger partial charge >= 0.3 is 0 Å². The molecule has 136 valence electrons. The first-order valence-electron chi connectivity index (χ1n) is 8.94. The summed E-state index contributed by atoms with van der Waals surface area (Å²) < 4.78 is 5.78. The van der Waals surface area contributed by atoms with Crippen LogP contribution in [0.1, 0.15) is 50.8 Å². The fourth-order valence-electron chi connectivity index (χ4n) is 3.16. The van der Waals surface area contributed by atoms with Gasteiger partial charge in [-0.15, -0.1) is 0 Å². The summed E-state index contributed by atoms with van der Waals surface area (Å²) in [6.07, 6.45) is 4.29. The standard InChI is InChI=1S/C20H28N2O3/c1-5-20(24)22(6-2)13-19(23)21-18-9-7-8-15-10-11-16(12-17(15)18)25-14(3)4/h5,10-12,14,18H,1,6-9,13H2,2-4H3,(H,21,23)/t18-/m0/s1. The average Bonchev–Trinajstić information content (AvgIpc) is 2.59. The van der Waals surface area contributed by atoms with Crippen LogP contribution < -0.4 is 10.1 Å². The molecule has 0 aliphatic heterocycles. The van der Waals surface area contributed by atoms with Crippen molar-refractivity contribution in [2.75, 3.05) is 13.1 Å². The summed E-state index contributed by atoms with van der Waals surface area (Å²) in [5, 5.41) is 3.08. The van der Waals surface area contributed by atoms with E-state index in [9.17, 15) is 9.59 Å². The molecule has 25 heavy (non-hydrogen) atoms. The van der Waals surface area contributed by atoms with Gasteiger partial charge < -0.3 is 15.0 Å². The molecule has 5 nitrogen and oxygen atoms in total. The molecule has 0 heterocycles. The Balaban J connectivity index is 2.10. The van der Waals surface area contributed by atoms with Gasteiger partial charge in [0.15, 0.2) is 0 Å². The van der Waals surface area contributed by atoms with Gasteiger partial charge in [0, 0.05) is 6.54 Å². The van der Waals surface area contributed by atoms with Crippen molar-refractivity contribution in [3.8, 4) is 5.75 Å². The van der Waals surface area contributed by atoms with E-state index in [0.29, 0.717) is 6.54 Å². The van der Waals surface area contributed by atoms with Crippen LogP contribution in [0.15, 0.2) is 30.9 Å². The van der Waals surface area contributed by atoms with Crippen LogP contribution in [0.25, 0.3) is 0 Å². The first-order valence-corrected chi connectivity index (χ1v) is 8.94. The molecule has 1 N–H and O–H groups in total. The minimum atomic E-state index is -0.227. The van der Waals surface area contributed by atoms with E-state index in [4.69, 9.17) is 4.74 Å². The number of nitrogens with zero attached hydrogens (tertiary/aromatic N) is 1. The molecule has 1 aliphatic carbocycles. The van der Waals surface area contributed by atoms with Crippen LogP contribution >= 0.6 is 0 Å². The number of aryl methyl sites for hydroxylation is 1. The van der Waals surface area contributed by atoms with E-state index in [-0.39, 0.29) is 30.5 Å². The minimum absolute atomic E-state index is 0.0375. The zero-order valence-electron chi connectivity index (χ0n) is 15.4. The second-order valence-electron chi connectivity index (χ2n) is 6.60. The zero-order chi connectivity index (χ0) is 18.4. The number of carbonyl (C=O) groups is 2. The van der Waals surface area contributed by atoms with Crippen LogP contribution in [0.5, 0.6) is 5.75 Å². The molecule has 0 unspecified atom stereocenters. The Morgan fingerprint density at radius 3 is 2.84 bits per heavy atom. The Bertz CT molecular complexity index is 640. The van der Waals surface area contributed by atoms with Gasteiger partial charge in [0.1, 0.15) is 5.75 Å². The van der Waals surface area contributed by atoms with Crippen molar-refractivity contribution in [1.29, 1.82) is 0 Å². The third-order valence-corrected chi connectivity index (χ3v) is 4.34. The SMILES string of the molecule is C=CC(=O)N(CC)CC(=O)N[C@H]1CCCc2ccc(OC(C)C)cc21. The molecular formula is C20H28N2O3. The Morgan fingerprint density at radius 1 is 1.44 bits per heavy atom. The van der Waals surface area contributed by atoms with Crippen LogP contribution in [0, 0.1) is 0 Å². The highest BCUT2D eigenvalue weighted by Gasteiger charge is 2.23. The molecule has 1 aliphatic rings. The highest BCUT2D eigenvalue weighted by molar-refractivity contribution is 5.91. The third-order valence-electron chi connectivity index (χ3n) is 4.34. The van der Waals surface area contributed by atoms with Gasteiger partial charge in [0.25, 0.3) is 0 Å². The van der Waals surface area contributed by atoms with E-state index in [1.807, 2.05) is 32.9 Å². The number of rotatable bonds is 7. The molecular weight excluding hydrogens is 316 g/mol. The van der Waals surface area contributed by atoms with Crippen molar-refractivity contribution in [2.45, 2.75) is 52.2 Å². The number of amides is 2. The maximum Gasteiger partial charge on any atom is 0.246 e. The molecule has 0 bridgehead atoms. The van der Waals surface area contributed by atoms with Gasteiger partial charge in [0.2, 0.25) is 11.8 Å². The van der Waals surface area contributed by atoms with Crippen LogP contribution in [-0.2, 0) is 16.0 Å². The molecule has 5 heteroatoms. The van der Waals surface area contributed by atoms with Crippen molar-refractivity contribution in [3.05, 3.63) is 42.0 Å².